The van der Waals surface area contributed by atoms with Crippen molar-refractivity contribution >= 4 is 23.2 Å². The van der Waals surface area contributed by atoms with Gasteiger partial charge in [-0.1, -0.05) is 66.7 Å². The summed E-state index contributed by atoms with van der Waals surface area (Å²) in [5.41, 5.74) is 8.35. The van der Waals surface area contributed by atoms with Crippen molar-refractivity contribution in [2.75, 3.05) is 37.6 Å². The number of nitro benzene ring substituents is 1. The molecule has 0 spiro atoms. The summed E-state index contributed by atoms with van der Waals surface area (Å²) in [5.74, 6) is -0.677. The van der Waals surface area contributed by atoms with Gasteiger partial charge in [-0.3, -0.25) is 29.8 Å². The largest absolute Gasteiger partial charge is 0.392 e. The number of aliphatic hydroxyl groups excluding tert-OH is 1. The van der Waals surface area contributed by atoms with Gasteiger partial charge in [0.15, 0.2) is 6.29 Å². The van der Waals surface area contributed by atoms with Crippen molar-refractivity contribution in [1.29, 1.82) is 0 Å². The highest BCUT2D eigenvalue weighted by Gasteiger charge is 2.34. The number of anilines is 1. The number of nitrogens with zero attached hydrogens (tertiary/aromatic N) is 3. The van der Waals surface area contributed by atoms with E-state index in [0.717, 1.165) is 71.8 Å². The van der Waals surface area contributed by atoms with Crippen LogP contribution in [0.1, 0.15) is 60.3 Å². The first-order chi connectivity index (χ1) is 25.8. The number of piperazine rings is 1. The average Bonchev–Trinajstić information content (AvgIpc) is 3.20. The second-order valence-corrected chi connectivity index (χ2v) is 13.4. The van der Waals surface area contributed by atoms with E-state index in [2.05, 4.69) is 15.1 Å². The van der Waals surface area contributed by atoms with Crippen LogP contribution in [-0.2, 0) is 32.2 Å². The molecule has 13 nitrogen and oxygen atoms in total. The summed E-state index contributed by atoms with van der Waals surface area (Å²) in [6.07, 6.45) is 0.410. The van der Waals surface area contributed by atoms with Gasteiger partial charge in [0, 0.05) is 81.9 Å². The number of ether oxygens (including phenoxy) is 2. The predicted octanol–water partition coefficient (Wildman–Crippen LogP) is 5.41. The Hall–Kier alpha value is -5.18. The number of carbonyl (C=O) groups excluding carboxylic acids is 2. The fourth-order valence-electron chi connectivity index (χ4n) is 6.74. The molecule has 2 aliphatic heterocycles. The Balaban J connectivity index is 1.09. The zero-order chi connectivity index (χ0) is 37.2. The Kier molecular flexibility index (Phi) is 12.8. The zero-order valence-corrected chi connectivity index (χ0v) is 29.4. The van der Waals surface area contributed by atoms with Gasteiger partial charge in [0.2, 0.25) is 11.8 Å². The summed E-state index contributed by atoms with van der Waals surface area (Å²) in [6.45, 7) is 4.34. The zero-order valence-electron chi connectivity index (χ0n) is 29.4. The Labute approximate surface area is 308 Å². The number of benzene rings is 4. The molecule has 4 aromatic carbocycles. The Bertz CT molecular complexity index is 1830. The van der Waals surface area contributed by atoms with E-state index in [0.29, 0.717) is 19.4 Å². The molecule has 6 rings (SSSR count). The molecule has 0 aliphatic carbocycles. The normalized spacial score (nSPS) is 19.1. The van der Waals surface area contributed by atoms with Crippen molar-refractivity contribution in [2.24, 2.45) is 0 Å². The van der Waals surface area contributed by atoms with E-state index in [1.54, 1.807) is 17.6 Å². The second kappa shape index (κ2) is 18.0. The Morgan fingerprint density at radius 1 is 0.811 bits per heavy atom. The molecule has 0 bridgehead atoms. The lowest BCUT2D eigenvalue weighted by Gasteiger charge is -2.41. The maximum Gasteiger partial charge on any atom is 0.269 e. The molecule has 0 radical (unpaired) electrons. The molecule has 0 aromatic heterocycles. The SMILES string of the molecule is O=C(CCCC(=O)NCc1cccc(-c2ccc(C3OC(CN4CCN(c5ccc([N+](=O)[O-])cc5)CC4)CC(c4ccc(CO)cc4)O3)cc2)c1)NO. The minimum Gasteiger partial charge on any atom is -0.392 e. The molecule has 3 unspecified atom stereocenters. The van der Waals surface area contributed by atoms with Crippen LogP contribution in [0.25, 0.3) is 11.1 Å². The summed E-state index contributed by atoms with van der Waals surface area (Å²) in [5, 5.41) is 32.1. The van der Waals surface area contributed by atoms with Gasteiger partial charge < -0.3 is 24.8 Å². The predicted molar refractivity (Wildman–Crippen MR) is 198 cm³/mol. The first-order valence-electron chi connectivity index (χ1n) is 17.9. The van der Waals surface area contributed by atoms with E-state index in [4.69, 9.17) is 14.7 Å². The lowest BCUT2D eigenvalue weighted by atomic mass is 9.98. The number of hydroxylamine groups is 1. The summed E-state index contributed by atoms with van der Waals surface area (Å²) < 4.78 is 13.2. The van der Waals surface area contributed by atoms with E-state index < -0.39 is 12.2 Å². The number of amides is 2. The van der Waals surface area contributed by atoms with E-state index in [9.17, 15) is 24.8 Å². The van der Waals surface area contributed by atoms with Crippen LogP contribution < -0.4 is 15.7 Å². The van der Waals surface area contributed by atoms with Crippen molar-refractivity contribution < 1.29 is 34.3 Å². The van der Waals surface area contributed by atoms with Crippen LogP contribution in [-0.4, -0.2) is 70.8 Å². The number of nitrogens with one attached hydrogen (secondary N) is 2. The lowest BCUT2D eigenvalue weighted by molar-refractivity contribution is -0.384. The second-order valence-electron chi connectivity index (χ2n) is 13.4. The molecule has 2 fully saturated rings. The first kappa shape index (κ1) is 37.6. The maximum absolute atomic E-state index is 12.2. The van der Waals surface area contributed by atoms with Gasteiger partial charge in [-0.15, -0.1) is 0 Å². The standard InChI is InChI=1S/C40H45N5O8/c46-27-28-7-9-31(10-8-28)37-24-36(26-43-19-21-44(22-20-43)34-15-17-35(18-16-34)45(50)51)52-40(53-37)32-13-11-30(12-14-32)33-4-1-3-29(23-33)25-41-38(47)5-2-6-39(48)42-49/h1,3-4,7-18,23,36-37,40,46,49H,2,5-6,19-22,24-27H2,(H,41,47)(H,42,48). The van der Waals surface area contributed by atoms with Gasteiger partial charge in [-0.2, -0.15) is 0 Å². The van der Waals surface area contributed by atoms with Crippen LogP contribution in [0.3, 0.4) is 0 Å². The lowest BCUT2D eigenvalue weighted by Crippen LogP contribution is -2.49. The number of nitro groups is 1. The van der Waals surface area contributed by atoms with Crippen LogP contribution in [0.15, 0.2) is 97.1 Å². The minimum absolute atomic E-state index is 0.0245. The smallest absolute Gasteiger partial charge is 0.269 e. The summed E-state index contributed by atoms with van der Waals surface area (Å²) in [4.78, 5) is 38.7. The quantitative estimate of drug-likeness (QED) is 0.0751. The van der Waals surface area contributed by atoms with Crippen LogP contribution in [0, 0.1) is 10.1 Å². The molecular weight excluding hydrogens is 678 g/mol. The minimum atomic E-state index is -0.586. The third-order valence-electron chi connectivity index (χ3n) is 9.74. The van der Waals surface area contributed by atoms with Crippen LogP contribution in [0.5, 0.6) is 0 Å². The highest BCUT2D eigenvalue weighted by atomic mass is 16.7. The van der Waals surface area contributed by atoms with Crippen LogP contribution in [0.2, 0.25) is 0 Å². The number of rotatable bonds is 14. The monoisotopic (exact) mass is 723 g/mol. The molecule has 2 aliphatic rings. The molecule has 278 valence electrons. The molecule has 2 saturated heterocycles. The van der Waals surface area contributed by atoms with E-state index in [1.165, 1.54) is 0 Å². The topological polar surface area (TPSA) is 167 Å². The van der Waals surface area contributed by atoms with Gasteiger partial charge in [0.05, 0.1) is 23.7 Å². The van der Waals surface area contributed by atoms with Gasteiger partial charge in [-0.05, 0) is 52.4 Å². The third kappa shape index (κ3) is 10.2. The van der Waals surface area contributed by atoms with Crippen molar-refractivity contribution in [1.82, 2.24) is 15.7 Å². The fraction of sp³-hybridized carbons (Fsp3) is 0.350. The Morgan fingerprint density at radius 3 is 2.19 bits per heavy atom. The maximum atomic E-state index is 12.2. The van der Waals surface area contributed by atoms with Gasteiger partial charge in [0.25, 0.3) is 5.69 Å². The van der Waals surface area contributed by atoms with Crippen molar-refractivity contribution in [3.8, 4) is 11.1 Å². The molecule has 2 amide bonds. The molecule has 0 saturated carbocycles. The summed E-state index contributed by atoms with van der Waals surface area (Å²) >= 11 is 0. The molecular formula is C40H45N5O8. The molecule has 13 heteroatoms. The molecule has 4 N–H and O–H groups in total. The van der Waals surface area contributed by atoms with E-state index >= 15 is 0 Å². The fourth-order valence-corrected chi connectivity index (χ4v) is 6.74. The summed E-state index contributed by atoms with van der Waals surface area (Å²) in [6, 6.07) is 30.6. The van der Waals surface area contributed by atoms with E-state index in [-0.39, 0.29) is 48.2 Å². The average molecular weight is 724 g/mol. The van der Waals surface area contributed by atoms with Crippen molar-refractivity contribution in [3.63, 3.8) is 0 Å². The number of carbonyl (C=O) groups is 2. The van der Waals surface area contributed by atoms with Crippen LogP contribution in [0.4, 0.5) is 11.4 Å². The van der Waals surface area contributed by atoms with Crippen molar-refractivity contribution in [3.05, 3.63) is 129 Å². The molecule has 53 heavy (non-hydrogen) atoms. The first-order valence-corrected chi connectivity index (χ1v) is 17.9. The molecule has 4 aromatic rings. The number of aliphatic hydroxyl groups is 1. The number of hydrogen-bond donors (Lipinski definition) is 4. The van der Waals surface area contributed by atoms with Crippen molar-refractivity contribution in [2.45, 2.75) is 57.3 Å². The number of non-ortho nitro benzene ring substituents is 1. The Morgan fingerprint density at radius 2 is 1.51 bits per heavy atom. The summed E-state index contributed by atoms with van der Waals surface area (Å²) in [7, 11) is 0. The van der Waals surface area contributed by atoms with Gasteiger partial charge >= 0.3 is 0 Å². The highest BCUT2D eigenvalue weighted by Crippen LogP contribution is 2.39. The highest BCUT2D eigenvalue weighted by molar-refractivity contribution is 5.78. The van der Waals surface area contributed by atoms with Gasteiger partial charge in [0.1, 0.15) is 0 Å². The van der Waals surface area contributed by atoms with E-state index in [1.807, 2.05) is 84.9 Å². The third-order valence-corrected chi connectivity index (χ3v) is 9.74. The molecule has 2 heterocycles. The van der Waals surface area contributed by atoms with Crippen LogP contribution >= 0.6 is 0 Å². The van der Waals surface area contributed by atoms with Gasteiger partial charge in [-0.25, -0.2) is 5.48 Å². The molecule has 3 atom stereocenters. The number of hydrogen-bond acceptors (Lipinski definition) is 10.